The monoisotopic (exact) mass is 278 g/mol. The molecule has 0 atom stereocenters. The molecule has 100 valence electrons. The van der Waals surface area contributed by atoms with E-state index < -0.39 is 0 Å². The molecule has 2 aromatic rings. The number of aryl methyl sites for hydroxylation is 1. The van der Waals surface area contributed by atoms with Gasteiger partial charge in [0.15, 0.2) is 0 Å². The van der Waals surface area contributed by atoms with Gasteiger partial charge in [0.05, 0.1) is 6.20 Å². The van der Waals surface area contributed by atoms with Gasteiger partial charge in [-0.25, -0.2) is 4.79 Å². The molecule has 0 fully saturated rings. The third-order valence-corrected chi connectivity index (χ3v) is 2.78. The number of rotatable bonds is 4. The summed E-state index contributed by atoms with van der Waals surface area (Å²) in [6.45, 7) is 0.554. The first kappa shape index (κ1) is 13.4. The zero-order chi connectivity index (χ0) is 13.7. The molecule has 0 bridgehead atoms. The lowest BCUT2D eigenvalue weighted by molar-refractivity contribution is 0.252. The van der Waals surface area contributed by atoms with E-state index in [1.54, 1.807) is 35.1 Å². The van der Waals surface area contributed by atoms with Crippen LogP contribution < -0.4 is 10.6 Å². The van der Waals surface area contributed by atoms with E-state index in [4.69, 9.17) is 11.6 Å². The molecule has 5 nitrogen and oxygen atoms in total. The van der Waals surface area contributed by atoms with Gasteiger partial charge in [0, 0.05) is 30.5 Å². The lowest BCUT2D eigenvalue weighted by atomic mass is 10.2. The van der Waals surface area contributed by atoms with Gasteiger partial charge in [0.2, 0.25) is 0 Å². The minimum absolute atomic E-state index is 0.244. The van der Waals surface area contributed by atoms with Gasteiger partial charge in [-0.2, -0.15) is 5.10 Å². The molecule has 0 spiro atoms. The SMILES string of the molecule is Cn1cc(CCNC(=O)Nc2cccc(Cl)c2)cn1. The van der Waals surface area contributed by atoms with Crippen molar-refractivity contribution in [3.63, 3.8) is 0 Å². The molecule has 0 saturated heterocycles. The number of anilines is 1. The molecular formula is C13H15ClN4O. The van der Waals surface area contributed by atoms with Crippen LogP contribution in [0, 0.1) is 0 Å². The Labute approximate surface area is 116 Å². The van der Waals surface area contributed by atoms with Crippen LogP contribution in [0.25, 0.3) is 0 Å². The maximum Gasteiger partial charge on any atom is 0.319 e. The molecule has 0 radical (unpaired) electrons. The number of urea groups is 1. The Morgan fingerprint density at radius 3 is 3.00 bits per heavy atom. The zero-order valence-corrected chi connectivity index (χ0v) is 11.3. The molecule has 2 amide bonds. The van der Waals surface area contributed by atoms with Crippen LogP contribution in [0.4, 0.5) is 10.5 Å². The smallest absolute Gasteiger partial charge is 0.319 e. The summed E-state index contributed by atoms with van der Waals surface area (Å²) < 4.78 is 1.74. The van der Waals surface area contributed by atoms with Crippen molar-refractivity contribution in [2.24, 2.45) is 7.05 Å². The number of halogens is 1. The first-order chi connectivity index (χ1) is 9.13. The molecular weight excluding hydrogens is 264 g/mol. The number of benzene rings is 1. The summed E-state index contributed by atoms with van der Waals surface area (Å²) in [6.07, 6.45) is 4.46. The molecule has 2 N–H and O–H groups in total. The highest BCUT2D eigenvalue weighted by atomic mass is 35.5. The van der Waals surface area contributed by atoms with Crippen LogP contribution in [0.1, 0.15) is 5.56 Å². The van der Waals surface area contributed by atoms with Crippen molar-refractivity contribution in [3.05, 3.63) is 47.2 Å². The van der Waals surface area contributed by atoms with E-state index in [9.17, 15) is 4.79 Å². The van der Waals surface area contributed by atoms with Gasteiger partial charge in [0.1, 0.15) is 0 Å². The van der Waals surface area contributed by atoms with E-state index in [0.29, 0.717) is 17.3 Å². The van der Waals surface area contributed by atoms with Gasteiger partial charge in [-0.15, -0.1) is 0 Å². The van der Waals surface area contributed by atoms with Crippen LogP contribution in [0.2, 0.25) is 5.02 Å². The van der Waals surface area contributed by atoms with E-state index in [0.717, 1.165) is 12.0 Å². The van der Waals surface area contributed by atoms with Gasteiger partial charge in [-0.05, 0) is 30.2 Å². The van der Waals surface area contributed by atoms with Crippen LogP contribution in [0.15, 0.2) is 36.7 Å². The minimum atomic E-state index is -0.244. The summed E-state index contributed by atoms with van der Waals surface area (Å²) in [5.41, 5.74) is 1.76. The summed E-state index contributed by atoms with van der Waals surface area (Å²) in [7, 11) is 1.86. The second-order valence-corrected chi connectivity index (χ2v) is 4.60. The molecule has 0 saturated carbocycles. The number of hydrogen-bond donors (Lipinski definition) is 2. The lowest BCUT2D eigenvalue weighted by Crippen LogP contribution is -2.30. The summed E-state index contributed by atoms with van der Waals surface area (Å²) in [6, 6.07) is 6.78. The maximum absolute atomic E-state index is 11.6. The van der Waals surface area contributed by atoms with Crippen molar-refractivity contribution >= 4 is 23.3 Å². The van der Waals surface area contributed by atoms with E-state index >= 15 is 0 Å². The first-order valence-electron chi connectivity index (χ1n) is 5.91. The fourth-order valence-electron chi connectivity index (χ4n) is 1.66. The Morgan fingerprint density at radius 1 is 1.47 bits per heavy atom. The molecule has 0 aliphatic carbocycles. The quantitative estimate of drug-likeness (QED) is 0.902. The predicted molar refractivity (Wildman–Crippen MR) is 75.4 cm³/mol. The van der Waals surface area contributed by atoms with Gasteiger partial charge < -0.3 is 10.6 Å². The normalized spacial score (nSPS) is 10.2. The van der Waals surface area contributed by atoms with E-state index in [-0.39, 0.29) is 6.03 Å². The fraction of sp³-hybridized carbons (Fsp3) is 0.231. The van der Waals surface area contributed by atoms with Crippen LogP contribution in [0.5, 0.6) is 0 Å². The van der Waals surface area contributed by atoms with Crippen molar-refractivity contribution in [1.82, 2.24) is 15.1 Å². The van der Waals surface area contributed by atoms with Crippen molar-refractivity contribution in [3.8, 4) is 0 Å². The zero-order valence-electron chi connectivity index (χ0n) is 10.6. The average Bonchev–Trinajstić information content (AvgIpc) is 2.75. The molecule has 1 aromatic carbocycles. The van der Waals surface area contributed by atoms with Crippen molar-refractivity contribution in [1.29, 1.82) is 0 Å². The van der Waals surface area contributed by atoms with Gasteiger partial charge in [-0.1, -0.05) is 17.7 Å². The highest BCUT2D eigenvalue weighted by molar-refractivity contribution is 6.30. The third-order valence-electron chi connectivity index (χ3n) is 2.54. The second kappa shape index (κ2) is 6.24. The topological polar surface area (TPSA) is 59.0 Å². The predicted octanol–water partition coefficient (Wildman–Crippen LogP) is 2.44. The van der Waals surface area contributed by atoms with Crippen molar-refractivity contribution < 1.29 is 4.79 Å². The van der Waals surface area contributed by atoms with E-state index in [1.807, 2.05) is 13.2 Å². The summed E-state index contributed by atoms with van der Waals surface area (Å²) in [5, 5.41) is 10.2. The Bertz CT molecular complexity index is 567. The van der Waals surface area contributed by atoms with Crippen molar-refractivity contribution in [2.45, 2.75) is 6.42 Å². The summed E-state index contributed by atoms with van der Waals surface area (Å²) >= 11 is 5.83. The number of aromatic nitrogens is 2. The molecule has 0 unspecified atom stereocenters. The molecule has 6 heteroatoms. The van der Waals surface area contributed by atoms with Crippen molar-refractivity contribution in [2.75, 3.05) is 11.9 Å². The largest absolute Gasteiger partial charge is 0.338 e. The second-order valence-electron chi connectivity index (χ2n) is 4.16. The molecule has 19 heavy (non-hydrogen) atoms. The van der Waals surface area contributed by atoms with Gasteiger partial charge >= 0.3 is 6.03 Å². The van der Waals surface area contributed by atoms with Gasteiger partial charge in [-0.3, -0.25) is 4.68 Å². The van der Waals surface area contributed by atoms with Crippen LogP contribution in [-0.4, -0.2) is 22.4 Å². The van der Waals surface area contributed by atoms with E-state index in [1.165, 1.54) is 0 Å². The average molecular weight is 279 g/mol. The minimum Gasteiger partial charge on any atom is -0.338 e. The third kappa shape index (κ3) is 4.30. The Hall–Kier alpha value is -2.01. The number of hydrogen-bond acceptors (Lipinski definition) is 2. The summed E-state index contributed by atoms with van der Waals surface area (Å²) in [4.78, 5) is 11.6. The Balaban J connectivity index is 1.76. The highest BCUT2D eigenvalue weighted by Crippen LogP contribution is 2.14. The number of carbonyl (C=O) groups excluding carboxylic acids is 1. The Kier molecular flexibility index (Phi) is 4.41. The molecule has 1 heterocycles. The van der Waals surface area contributed by atoms with Crippen LogP contribution in [0.3, 0.4) is 0 Å². The number of carbonyl (C=O) groups is 1. The summed E-state index contributed by atoms with van der Waals surface area (Å²) in [5.74, 6) is 0. The number of nitrogens with zero attached hydrogens (tertiary/aromatic N) is 2. The molecule has 0 aliphatic heterocycles. The Morgan fingerprint density at radius 2 is 2.32 bits per heavy atom. The van der Waals surface area contributed by atoms with E-state index in [2.05, 4.69) is 15.7 Å². The highest BCUT2D eigenvalue weighted by Gasteiger charge is 2.02. The number of amides is 2. The molecule has 1 aromatic heterocycles. The number of nitrogens with one attached hydrogen (secondary N) is 2. The lowest BCUT2D eigenvalue weighted by Gasteiger charge is -2.07. The van der Waals surface area contributed by atoms with Crippen LogP contribution in [-0.2, 0) is 13.5 Å². The van der Waals surface area contributed by atoms with Gasteiger partial charge in [0.25, 0.3) is 0 Å². The van der Waals surface area contributed by atoms with Crippen LogP contribution >= 0.6 is 11.6 Å². The maximum atomic E-state index is 11.6. The standard InChI is InChI=1S/C13H15ClN4O/c1-18-9-10(8-16-18)5-6-15-13(19)17-12-4-2-3-11(14)7-12/h2-4,7-9H,5-6H2,1H3,(H2,15,17,19). The molecule has 2 rings (SSSR count). The fourth-order valence-corrected chi connectivity index (χ4v) is 1.85. The molecule has 0 aliphatic rings. The first-order valence-corrected chi connectivity index (χ1v) is 6.29.